The number of rotatable bonds is 28. The summed E-state index contributed by atoms with van der Waals surface area (Å²) < 4.78 is 6.36. The van der Waals surface area contributed by atoms with Crippen LogP contribution in [0.1, 0.15) is 178 Å². The second-order valence-electron chi connectivity index (χ2n) is 11.6. The fourth-order valence-corrected chi connectivity index (χ4v) is 5.35. The van der Waals surface area contributed by atoms with Crippen molar-refractivity contribution in [2.24, 2.45) is 0 Å². The third kappa shape index (κ3) is 15.2. The number of aromatic hydroxyl groups is 1. The molecule has 6 heteroatoms. The number of phenols is 1. The first kappa shape index (κ1) is 37.1. The van der Waals surface area contributed by atoms with Crippen molar-refractivity contribution in [2.45, 2.75) is 169 Å². The zero-order valence-electron chi connectivity index (χ0n) is 27.0. The highest BCUT2D eigenvalue weighted by atomic mass is 17.2. The van der Waals surface area contributed by atoms with Gasteiger partial charge in [0.2, 0.25) is 5.75 Å². The van der Waals surface area contributed by atoms with Gasteiger partial charge >= 0.3 is 5.97 Å². The van der Waals surface area contributed by atoms with Gasteiger partial charge in [0.1, 0.15) is 5.56 Å². The van der Waals surface area contributed by atoms with Crippen LogP contribution in [0.15, 0.2) is 0 Å². The van der Waals surface area contributed by atoms with E-state index in [9.17, 15) is 15.0 Å². The Morgan fingerprint density at radius 2 is 1.00 bits per heavy atom. The normalized spacial score (nSPS) is 11.2. The first-order valence-corrected chi connectivity index (χ1v) is 17.1. The van der Waals surface area contributed by atoms with Crippen molar-refractivity contribution in [3.63, 3.8) is 0 Å². The van der Waals surface area contributed by atoms with Crippen molar-refractivity contribution in [1.29, 1.82) is 0 Å². The van der Waals surface area contributed by atoms with Gasteiger partial charge in [-0.3, -0.25) is 0 Å². The number of ether oxygens (including phenoxy) is 1. The van der Waals surface area contributed by atoms with Crippen molar-refractivity contribution in [2.75, 3.05) is 13.2 Å². The molecule has 0 radical (unpaired) electrons. The van der Waals surface area contributed by atoms with Crippen molar-refractivity contribution in [3.05, 3.63) is 16.7 Å². The molecule has 0 heterocycles. The van der Waals surface area contributed by atoms with E-state index in [0.29, 0.717) is 37.4 Å². The van der Waals surface area contributed by atoms with E-state index in [2.05, 4.69) is 27.7 Å². The number of hydrogen-bond acceptors (Lipinski definition) is 5. The highest BCUT2D eigenvalue weighted by molar-refractivity contribution is 5.95. The van der Waals surface area contributed by atoms with Crippen LogP contribution in [0.5, 0.6) is 17.2 Å². The van der Waals surface area contributed by atoms with Gasteiger partial charge < -0.3 is 19.8 Å². The molecule has 0 aliphatic carbocycles. The fourth-order valence-electron chi connectivity index (χ4n) is 5.35. The van der Waals surface area contributed by atoms with Gasteiger partial charge in [0.05, 0.1) is 13.2 Å². The van der Waals surface area contributed by atoms with Crippen molar-refractivity contribution >= 4 is 5.97 Å². The smallest absolute Gasteiger partial charge is 0.339 e. The van der Waals surface area contributed by atoms with Crippen LogP contribution in [0.3, 0.4) is 0 Å². The number of carboxylic acids is 1. The van der Waals surface area contributed by atoms with Crippen molar-refractivity contribution in [3.8, 4) is 17.2 Å². The molecule has 0 bridgehead atoms. The second-order valence-corrected chi connectivity index (χ2v) is 11.6. The van der Waals surface area contributed by atoms with Crippen molar-refractivity contribution in [1.82, 2.24) is 0 Å². The van der Waals surface area contributed by atoms with E-state index < -0.39 is 5.97 Å². The lowest BCUT2D eigenvalue weighted by Crippen LogP contribution is -2.13. The molecule has 2 N–H and O–H groups in total. The Hall–Kier alpha value is -1.95. The molecule has 0 atom stereocenters. The van der Waals surface area contributed by atoms with Crippen LogP contribution >= 0.6 is 0 Å². The number of aromatic carboxylic acids is 1. The van der Waals surface area contributed by atoms with Gasteiger partial charge in [0.25, 0.3) is 0 Å². The molecule has 1 aromatic carbocycles. The molecule has 1 rings (SSSR count). The quantitative estimate of drug-likeness (QED) is 0.0584. The highest BCUT2D eigenvalue weighted by Crippen LogP contribution is 2.46. The Morgan fingerprint density at radius 3 is 1.51 bits per heavy atom. The minimum absolute atomic E-state index is 0.0288. The van der Waals surface area contributed by atoms with Gasteiger partial charge in [-0.05, 0) is 44.1 Å². The highest BCUT2D eigenvalue weighted by Gasteiger charge is 2.30. The maximum atomic E-state index is 12.6. The Labute approximate surface area is 251 Å². The predicted molar refractivity (Wildman–Crippen MR) is 170 cm³/mol. The molecule has 0 aromatic heterocycles. The van der Waals surface area contributed by atoms with Gasteiger partial charge in [-0.2, -0.15) is 4.89 Å². The largest absolute Gasteiger partial charge is 0.503 e. The molecular weight excluding hydrogens is 516 g/mol. The first-order valence-electron chi connectivity index (χ1n) is 17.1. The van der Waals surface area contributed by atoms with E-state index in [4.69, 9.17) is 14.5 Å². The molecule has 238 valence electrons. The van der Waals surface area contributed by atoms with Gasteiger partial charge in [0, 0.05) is 5.56 Å². The summed E-state index contributed by atoms with van der Waals surface area (Å²) in [6.07, 6.45) is 23.2. The molecule has 0 unspecified atom stereocenters. The molecule has 0 fully saturated rings. The zero-order chi connectivity index (χ0) is 30.1. The standard InChI is InChI=1S/C35H62O6/c1-5-9-13-17-19-21-25-29-30(26-22-20-18-14-10-6-2)33(39-27-23-15-11-7-3)34(32(36)31(29)35(37)38)41-40-28-24-16-12-8-4/h36H,5-28H2,1-4H3,(H,37,38). The lowest BCUT2D eigenvalue weighted by molar-refractivity contribution is -0.209. The topological polar surface area (TPSA) is 85.2 Å². The van der Waals surface area contributed by atoms with Crippen LogP contribution in [0, 0.1) is 0 Å². The Balaban J connectivity index is 3.35. The van der Waals surface area contributed by atoms with Gasteiger partial charge in [-0.1, -0.05) is 130 Å². The van der Waals surface area contributed by atoms with Crippen LogP contribution in [-0.4, -0.2) is 29.4 Å². The second kappa shape index (κ2) is 24.6. The van der Waals surface area contributed by atoms with Crippen LogP contribution in [0.2, 0.25) is 0 Å². The predicted octanol–water partition coefficient (Wildman–Crippen LogP) is 10.7. The van der Waals surface area contributed by atoms with Crippen LogP contribution in [0.4, 0.5) is 0 Å². The lowest BCUT2D eigenvalue weighted by Gasteiger charge is -2.22. The fraction of sp³-hybridized carbons (Fsp3) is 0.800. The van der Waals surface area contributed by atoms with Gasteiger partial charge in [-0.15, -0.1) is 0 Å². The summed E-state index contributed by atoms with van der Waals surface area (Å²) in [5, 5.41) is 21.6. The van der Waals surface area contributed by atoms with E-state index >= 15 is 0 Å². The monoisotopic (exact) mass is 578 g/mol. The van der Waals surface area contributed by atoms with Crippen LogP contribution in [-0.2, 0) is 17.7 Å². The molecule has 0 saturated heterocycles. The lowest BCUT2D eigenvalue weighted by atomic mass is 9.90. The molecule has 0 aliphatic rings. The molecule has 1 aromatic rings. The summed E-state index contributed by atoms with van der Waals surface area (Å²) in [6.45, 7) is 9.64. The van der Waals surface area contributed by atoms with Gasteiger partial charge in [0.15, 0.2) is 11.5 Å². The number of unbranched alkanes of at least 4 members (excludes halogenated alkanes) is 16. The average molecular weight is 579 g/mol. The first-order chi connectivity index (χ1) is 20.0. The maximum Gasteiger partial charge on any atom is 0.339 e. The Kier molecular flexibility index (Phi) is 22.3. The number of carbonyl (C=O) groups is 1. The van der Waals surface area contributed by atoms with E-state index in [0.717, 1.165) is 89.0 Å². The summed E-state index contributed by atoms with van der Waals surface area (Å²) in [5.41, 5.74) is 1.53. The SMILES string of the molecule is CCCCCCCCc1c(CCCCCCCC)c(C(=O)O)c(O)c(OOCCCCCC)c1OCCCCCC. The number of benzene rings is 1. The van der Waals surface area contributed by atoms with E-state index in [1.807, 2.05) is 0 Å². The van der Waals surface area contributed by atoms with E-state index in [-0.39, 0.29) is 17.1 Å². The summed E-state index contributed by atoms with van der Waals surface area (Å²) >= 11 is 0. The number of carboxylic acid groups (broad SMARTS) is 1. The van der Waals surface area contributed by atoms with E-state index in [1.165, 1.54) is 44.9 Å². The summed E-state index contributed by atoms with van der Waals surface area (Å²) in [6, 6.07) is 0. The molecular formula is C35H62O6. The van der Waals surface area contributed by atoms with Crippen LogP contribution in [0.25, 0.3) is 0 Å². The third-order valence-corrected chi connectivity index (χ3v) is 7.84. The summed E-state index contributed by atoms with van der Waals surface area (Å²) in [4.78, 5) is 23.8. The average Bonchev–Trinajstić information content (AvgIpc) is 2.96. The minimum Gasteiger partial charge on any atom is -0.503 e. The Bertz CT molecular complexity index is 807. The summed E-state index contributed by atoms with van der Waals surface area (Å²) in [5.74, 6) is -0.995. The molecule has 0 spiro atoms. The molecule has 0 aliphatic heterocycles. The van der Waals surface area contributed by atoms with Crippen molar-refractivity contribution < 1.29 is 29.5 Å². The molecule has 41 heavy (non-hydrogen) atoms. The number of hydrogen-bond donors (Lipinski definition) is 2. The molecule has 0 amide bonds. The summed E-state index contributed by atoms with van der Waals surface area (Å²) in [7, 11) is 0. The maximum absolute atomic E-state index is 12.6. The zero-order valence-corrected chi connectivity index (χ0v) is 27.0. The minimum atomic E-state index is -1.13. The van der Waals surface area contributed by atoms with Crippen LogP contribution < -0.4 is 9.62 Å². The van der Waals surface area contributed by atoms with Gasteiger partial charge in [-0.25, -0.2) is 4.79 Å². The Morgan fingerprint density at radius 1 is 0.561 bits per heavy atom. The third-order valence-electron chi connectivity index (χ3n) is 7.84. The van der Waals surface area contributed by atoms with E-state index in [1.54, 1.807) is 0 Å². The molecule has 6 nitrogen and oxygen atoms in total. The molecule has 0 saturated carbocycles.